The maximum absolute atomic E-state index is 11.8. The first-order chi connectivity index (χ1) is 9.97. The van der Waals surface area contributed by atoms with Gasteiger partial charge < -0.3 is 16.0 Å². The van der Waals surface area contributed by atoms with Crippen molar-refractivity contribution in [1.29, 1.82) is 0 Å². The average molecular weight is 418 g/mol. The first-order valence-electron chi connectivity index (χ1n) is 7.39. The molecular weight excluding hydrogens is 391 g/mol. The van der Waals surface area contributed by atoms with Crippen molar-refractivity contribution in [3.05, 3.63) is 29.3 Å². The minimum atomic E-state index is 0. The summed E-state index contributed by atoms with van der Waals surface area (Å²) in [5, 5.41) is 3.04. The Morgan fingerprint density at radius 3 is 2.41 bits per heavy atom. The predicted octanol–water partition coefficient (Wildman–Crippen LogP) is 2.91. The number of anilines is 1. The van der Waals surface area contributed by atoms with E-state index in [1.165, 1.54) is 11.1 Å². The molecule has 1 amide bonds. The fourth-order valence-electron chi connectivity index (χ4n) is 2.01. The van der Waals surface area contributed by atoms with Gasteiger partial charge in [0.05, 0.1) is 6.54 Å². The average Bonchev–Trinajstić information content (AvgIpc) is 2.44. The Labute approximate surface area is 150 Å². The van der Waals surface area contributed by atoms with Crippen molar-refractivity contribution >= 4 is 41.5 Å². The van der Waals surface area contributed by atoms with Crippen LogP contribution in [0.1, 0.15) is 31.4 Å². The molecule has 3 N–H and O–H groups in total. The number of aryl methyl sites for hydroxylation is 2. The summed E-state index contributed by atoms with van der Waals surface area (Å²) in [6.07, 6.45) is 0.386. The van der Waals surface area contributed by atoms with Crippen LogP contribution in [0.4, 0.5) is 5.69 Å². The highest BCUT2D eigenvalue weighted by Gasteiger charge is 2.08. The van der Waals surface area contributed by atoms with E-state index in [0.717, 1.165) is 18.8 Å². The van der Waals surface area contributed by atoms with Crippen LogP contribution < -0.4 is 11.1 Å². The number of benzene rings is 1. The van der Waals surface area contributed by atoms with E-state index in [4.69, 9.17) is 5.73 Å². The molecule has 0 bridgehead atoms. The summed E-state index contributed by atoms with van der Waals surface area (Å²) in [4.78, 5) is 17.8. The van der Waals surface area contributed by atoms with Crippen LogP contribution in [0.3, 0.4) is 0 Å². The molecular formula is C16H27IN4O. The van der Waals surface area contributed by atoms with Crippen molar-refractivity contribution in [2.45, 2.75) is 34.1 Å². The SMILES string of the molecule is CCN(CC)C(=O)CCN=C(N)Nc1ccc(C)c(C)c1.I. The Hall–Kier alpha value is -1.31. The molecule has 6 heteroatoms. The van der Waals surface area contributed by atoms with Crippen LogP contribution in [0, 0.1) is 13.8 Å². The van der Waals surface area contributed by atoms with E-state index in [2.05, 4.69) is 24.2 Å². The summed E-state index contributed by atoms with van der Waals surface area (Å²) >= 11 is 0. The normalized spacial score (nSPS) is 10.8. The van der Waals surface area contributed by atoms with Gasteiger partial charge in [0, 0.05) is 25.2 Å². The number of amides is 1. The molecule has 0 aliphatic carbocycles. The summed E-state index contributed by atoms with van der Waals surface area (Å²) in [5.41, 5.74) is 9.18. The Kier molecular flexibility index (Phi) is 9.80. The van der Waals surface area contributed by atoms with Crippen molar-refractivity contribution < 1.29 is 4.79 Å². The van der Waals surface area contributed by atoms with Gasteiger partial charge >= 0.3 is 0 Å². The second-order valence-electron chi connectivity index (χ2n) is 5.01. The topological polar surface area (TPSA) is 70.7 Å². The molecule has 1 aromatic rings. The van der Waals surface area contributed by atoms with Crippen molar-refractivity contribution in [2.75, 3.05) is 25.0 Å². The van der Waals surface area contributed by atoms with Crippen LogP contribution in [0.5, 0.6) is 0 Å². The standard InChI is InChI=1S/C16H26N4O.HI/c1-5-20(6-2)15(21)9-10-18-16(17)19-14-8-7-12(3)13(4)11-14;/h7-8,11H,5-6,9-10H2,1-4H3,(H3,17,18,19);1H. The van der Waals surface area contributed by atoms with E-state index in [1.807, 2.05) is 32.0 Å². The molecule has 0 aliphatic heterocycles. The molecule has 0 unspecified atom stereocenters. The van der Waals surface area contributed by atoms with Gasteiger partial charge in [0.15, 0.2) is 5.96 Å². The summed E-state index contributed by atoms with van der Waals surface area (Å²) < 4.78 is 0. The molecule has 5 nitrogen and oxygen atoms in total. The Morgan fingerprint density at radius 2 is 1.86 bits per heavy atom. The number of aliphatic imine (C=N–C) groups is 1. The highest BCUT2D eigenvalue weighted by atomic mass is 127. The van der Waals surface area contributed by atoms with E-state index >= 15 is 0 Å². The lowest BCUT2D eigenvalue weighted by molar-refractivity contribution is -0.130. The molecule has 0 aliphatic rings. The van der Waals surface area contributed by atoms with Gasteiger partial charge in [-0.05, 0) is 51.0 Å². The number of halogens is 1. The molecule has 124 valence electrons. The Bertz CT molecular complexity index is 513. The molecule has 0 fully saturated rings. The molecule has 0 spiro atoms. The third-order valence-corrected chi connectivity index (χ3v) is 3.50. The zero-order valence-corrected chi connectivity index (χ0v) is 16.2. The van der Waals surface area contributed by atoms with Crippen molar-refractivity contribution in [2.24, 2.45) is 10.7 Å². The monoisotopic (exact) mass is 418 g/mol. The number of guanidine groups is 1. The number of nitrogens with zero attached hydrogens (tertiary/aromatic N) is 2. The molecule has 1 aromatic carbocycles. The number of carbonyl (C=O) groups excluding carboxylic acids is 1. The van der Waals surface area contributed by atoms with Gasteiger partial charge in [-0.1, -0.05) is 6.07 Å². The molecule has 0 saturated carbocycles. The van der Waals surface area contributed by atoms with E-state index in [1.54, 1.807) is 4.90 Å². The smallest absolute Gasteiger partial charge is 0.224 e. The lowest BCUT2D eigenvalue weighted by atomic mass is 10.1. The highest BCUT2D eigenvalue weighted by Crippen LogP contribution is 2.13. The number of nitrogens with two attached hydrogens (primary N) is 1. The lowest BCUT2D eigenvalue weighted by Crippen LogP contribution is -2.31. The molecule has 0 radical (unpaired) electrons. The van der Waals surface area contributed by atoms with Crippen molar-refractivity contribution in [3.8, 4) is 0 Å². The summed E-state index contributed by atoms with van der Waals surface area (Å²) in [7, 11) is 0. The Morgan fingerprint density at radius 1 is 1.23 bits per heavy atom. The first-order valence-corrected chi connectivity index (χ1v) is 7.39. The summed E-state index contributed by atoms with van der Waals surface area (Å²) in [5.74, 6) is 0.452. The van der Waals surface area contributed by atoms with Crippen LogP contribution >= 0.6 is 24.0 Å². The van der Waals surface area contributed by atoms with E-state index in [9.17, 15) is 4.79 Å². The third-order valence-electron chi connectivity index (χ3n) is 3.50. The van der Waals surface area contributed by atoms with Crippen molar-refractivity contribution in [3.63, 3.8) is 0 Å². The maximum atomic E-state index is 11.8. The molecule has 1 rings (SSSR count). The summed E-state index contributed by atoms with van der Waals surface area (Å²) in [6.45, 7) is 9.93. The number of rotatable bonds is 6. The predicted molar refractivity (Wildman–Crippen MR) is 104 cm³/mol. The maximum Gasteiger partial charge on any atom is 0.224 e. The van der Waals surface area contributed by atoms with Crippen molar-refractivity contribution in [1.82, 2.24) is 4.90 Å². The molecule has 0 aromatic heterocycles. The zero-order valence-electron chi connectivity index (χ0n) is 13.8. The van der Waals surface area contributed by atoms with Gasteiger partial charge in [-0.2, -0.15) is 0 Å². The second kappa shape index (κ2) is 10.4. The fraction of sp³-hybridized carbons (Fsp3) is 0.500. The van der Waals surface area contributed by atoms with Crippen LogP contribution in [-0.2, 0) is 4.79 Å². The van der Waals surface area contributed by atoms with Crippen LogP contribution in [-0.4, -0.2) is 36.4 Å². The molecule has 22 heavy (non-hydrogen) atoms. The van der Waals surface area contributed by atoms with Crippen LogP contribution in [0.25, 0.3) is 0 Å². The number of hydrogen-bond acceptors (Lipinski definition) is 2. The second-order valence-corrected chi connectivity index (χ2v) is 5.01. The van der Waals surface area contributed by atoms with Crippen LogP contribution in [0.15, 0.2) is 23.2 Å². The lowest BCUT2D eigenvalue weighted by Gasteiger charge is -2.17. The van der Waals surface area contributed by atoms with Crippen LogP contribution in [0.2, 0.25) is 0 Å². The van der Waals surface area contributed by atoms with E-state index < -0.39 is 0 Å². The molecule has 0 atom stereocenters. The van der Waals surface area contributed by atoms with Gasteiger partial charge in [-0.3, -0.25) is 9.79 Å². The highest BCUT2D eigenvalue weighted by molar-refractivity contribution is 14.0. The number of nitrogens with one attached hydrogen (secondary N) is 1. The first kappa shape index (κ1) is 20.7. The minimum absolute atomic E-state index is 0. The largest absolute Gasteiger partial charge is 0.370 e. The minimum Gasteiger partial charge on any atom is -0.370 e. The zero-order chi connectivity index (χ0) is 15.8. The molecule has 0 saturated heterocycles. The van der Waals surface area contributed by atoms with Gasteiger partial charge in [0.1, 0.15) is 0 Å². The summed E-state index contributed by atoms with van der Waals surface area (Å²) in [6, 6.07) is 6.03. The van der Waals surface area contributed by atoms with E-state index in [-0.39, 0.29) is 29.9 Å². The molecule has 0 heterocycles. The van der Waals surface area contributed by atoms with E-state index in [0.29, 0.717) is 18.9 Å². The van der Waals surface area contributed by atoms with Gasteiger partial charge in [0.2, 0.25) is 5.91 Å². The fourth-order valence-corrected chi connectivity index (χ4v) is 2.01. The quantitative estimate of drug-likeness (QED) is 0.424. The number of hydrogen-bond donors (Lipinski definition) is 2. The number of carbonyl (C=O) groups is 1. The van der Waals surface area contributed by atoms with Gasteiger partial charge in [0.25, 0.3) is 0 Å². The van der Waals surface area contributed by atoms with Gasteiger partial charge in [-0.25, -0.2) is 0 Å². The Balaban J connectivity index is 0.00000441. The third kappa shape index (κ3) is 6.64. The van der Waals surface area contributed by atoms with Gasteiger partial charge in [-0.15, -0.1) is 24.0 Å².